The van der Waals surface area contributed by atoms with Gasteiger partial charge in [-0.3, -0.25) is 0 Å². The Balaban J connectivity index is 1.95. The van der Waals surface area contributed by atoms with Crippen LogP contribution >= 0.6 is 7.28 Å². The first-order valence-corrected chi connectivity index (χ1v) is 8.71. The Bertz CT molecular complexity index is 671. The Morgan fingerprint density at radius 3 is 2.00 bits per heavy atom. The van der Waals surface area contributed by atoms with E-state index in [1.807, 2.05) is 60.7 Å². The second-order valence-corrected chi connectivity index (χ2v) is 8.87. The quantitative estimate of drug-likeness (QED) is 0.741. The Labute approximate surface area is 118 Å². The van der Waals surface area contributed by atoms with Gasteiger partial charge < -0.3 is 0 Å². The molecule has 0 fully saturated rings. The molecule has 0 saturated heterocycles. The first-order chi connectivity index (χ1) is 9.73. The van der Waals surface area contributed by atoms with Gasteiger partial charge in [-0.1, -0.05) is 0 Å². The van der Waals surface area contributed by atoms with E-state index in [1.54, 1.807) is 6.26 Å². The Morgan fingerprint density at radius 2 is 1.45 bits per heavy atom. The average molecular weight is 286 g/mol. The van der Waals surface area contributed by atoms with Gasteiger partial charge in [0.25, 0.3) is 0 Å². The summed E-state index contributed by atoms with van der Waals surface area (Å²) in [7, 11) is -3.41. The fraction of sp³-hybridized carbons (Fsp3) is 0.125. The number of para-hydroxylation sites is 2. The molecule has 2 aromatic rings. The van der Waals surface area contributed by atoms with Crippen LogP contribution in [-0.2, 0) is 4.52 Å². The summed E-state index contributed by atoms with van der Waals surface area (Å²) < 4.78 is 18.8. The van der Waals surface area contributed by atoms with Crippen LogP contribution in [0.15, 0.2) is 66.9 Å². The van der Waals surface area contributed by atoms with E-state index in [0.29, 0.717) is 0 Å². The molecule has 0 aromatic heterocycles. The summed E-state index contributed by atoms with van der Waals surface area (Å²) in [5.74, 6) is 1.51. The van der Waals surface area contributed by atoms with Crippen molar-refractivity contribution in [1.82, 2.24) is 0 Å². The fourth-order valence-electron chi connectivity index (χ4n) is 2.81. The van der Waals surface area contributed by atoms with Gasteiger partial charge in [0.1, 0.15) is 0 Å². The van der Waals surface area contributed by atoms with Crippen molar-refractivity contribution >= 4 is 12.6 Å². The van der Waals surface area contributed by atoms with Crippen molar-refractivity contribution in [3.05, 3.63) is 66.9 Å². The predicted molar refractivity (Wildman–Crippen MR) is 80.4 cm³/mol. The van der Waals surface area contributed by atoms with Crippen LogP contribution in [0.1, 0.15) is 6.92 Å². The number of hydrogen-bond acceptors (Lipinski definition) is 3. The van der Waals surface area contributed by atoms with Gasteiger partial charge in [-0.25, -0.2) is 0 Å². The third-order valence-electron chi connectivity index (χ3n) is 3.93. The Morgan fingerprint density at radius 1 is 0.850 bits per heavy atom. The van der Waals surface area contributed by atoms with E-state index in [1.165, 1.54) is 0 Å². The molecule has 20 heavy (non-hydrogen) atoms. The van der Waals surface area contributed by atoms with Crippen molar-refractivity contribution in [1.29, 1.82) is 0 Å². The van der Waals surface area contributed by atoms with Crippen molar-refractivity contribution < 1.29 is 13.6 Å². The molecule has 2 aromatic carbocycles. The van der Waals surface area contributed by atoms with E-state index >= 15 is 0 Å². The van der Waals surface area contributed by atoms with Crippen molar-refractivity contribution in [2.75, 3.05) is 0 Å². The van der Waals surface area contributed by atoms with Crippen LogP contribution in [-0.4, -0.2) is 5.66 Å². The Kier molecular flexibility index (Phi) is 2.22. The van der Waals surface area contributed by atoms with Crippen LogP contribution in [0.25, 0.3) is 0 Å². The van der Waals surface area contributed by atoms with Crippen LogP contribution in [0.2, 0.25) is 0 Å². The van der Waals surface area contributed by atoms with Gasteiger partial charge in [-0.2, -0.15) is 0 Å². The van der Waals surface area contributed by atoms with Crippen LogP contribution in [0.5, 0.6) is 11.5 Å². The van der Waals surface area contributed by atoms with E-state index in [4.69, 9.17) is 13.6 Å². The number of benzene rings is 2. The third-order valence-corrected chi connectivity index (χ3v) is 8.34. The van der Waals surface area contributed by atoms with E-state index in [-0.39, 0.29) is 5.66 Å². The van der Waals surface area contributed by atoms with E-state index in [2.05, 4.69) is 6.92 Å². The number of hydrogen-bond donors (Lipinski definition) is 0. The summed E-state index contributed by atoms with van der Waals surface area (Å²) in [4.78, 5) is 0. The average Bonchev–Trinajstić information content (AvgIpc) is 3.01. The van der Waals surface area contributed by atoms with Gasteiger partial charge in [-0.15, -0.1) is 0 Å². The molecule has 102 valence electrons. The second-order valence-electron chi connectivity index (χ2n) is 5.08. The standard InChI is InChI=1S/C16H15O3P/c1-13-11-12-17-20(13,14-7-3-2-4-8-14)18-15-9-5-6-10-16(15)19-20/h2-13H,1H3. The van der Waals surface area contributed by atoms with Gasteiger partial charge >= 0.3 is 117 Å². The van der Waals surface area contributed by atoms with Crippen LogP contribution in [0, 0.1) is 0 Å². The summed E-state index contributed by atoms with van der Waals surface area (Å²) in [5, 5.41) is 0.979. The summed E-state index contributed by atoms with van der Waals surface area (Å²) >= 11 is 0. The Hall–Kier alpha value is -1.99. The normalized spacial score (nSPS) is 25.9. The number of allylic oxidation sites excluding steroid dienone is 1. The fourth-order valence-corrected chi connectivity index (χ4v) is 6.68. The topological polar surface area (TPSA) is 27.7 Å². The molecule has 0 radical (unpaired) electrons. The molecule has 0 amide bonds. The molecule has 0 N–H and O–H groups in total. The molecular weight excluding hydrogens is 271 g/mol. The van der Waals surface area contributed by atoms with Crippen LogP contribution < -0.4 is 14.4 Å². The molecule has 2 aliphatic heterocycles. The van der Waals surface area contributed by atoms with Gasteiger partial charge in [-0.05, 0) is 0 Å². The zero-order chi connectivity index (χ0) is 13.7. The van der Waals surface area contributed by atoms with Gasteiger partial charge in [0.15, 0.2) is 0 Å². The van der Waals surface area contributed by atoms with Crippen molar-refractivity contribution in [3.8, 4) is 11.5 Å². The maximum atomic E-state index is 6.36. The van der Waals surface area contributed by atoms with Crippen molar-refractivity contribution in [2.45, 2.75) is 12.6 Å². The molecule has 1 spiro atoms. The molecule has 2 heterocycles. The maximum absolute atomic E-state index is 6.36. The molecule has 0 saturated carbocycles. The predicted octanol–water partition coefficient (Wildman–Crippen LogP) is 4.01. The van der Waals surface area contributed by atoms with E-state index in [9.17, 15) is 0 Å². The summed E-state index contributed by atoms with van der Waals surface area (Å²) in [6.07, 6.45) is 3.72. The zero-order valence-electron chi connectivity index (χ0n) is 11.1. The first-order valence-electron chi connectivity index (χ1n) is 6.66. The molecule has 4 rings (SSSR count). The van der Waals surface area contributed by atoms with Crippen LogP contribution in [0.3, 0.4) is 0 Å². The minimum atomic E-state index is -3.41. The summed E-state index contributed by atoms with van der Waals surface area (Å²) in [6.45, 7) is 2.08. The molecule has 0 bridgehead atoms. The van der Waals surface area contributed by atoms with Crippen molar-refractivity contribution in [3.63, 3.8) is 0 Å². The molecular formula is C16H15O3P. The van der Waals surface area contributed by atoms with E-state index in [0.717, 1.165) is 16.8 Å². The molecule has 0 aliphatic carbocycles. The summed E-state index contributed by atoms with van der Waals surface area (Å²) in [6, 6.07) is 17.7. The van der Waals surface area contributed by atoms with Crippen molar-refractivity contribution in [2.24, 2.45) is 0 Å². The molecule has 1 unspecified atom stereocenters. The monoisotopic (exact) mass is 286 g/mol. The summed E-state index contributed by atoms with van der Waals surface area (Å²) in [5.41, 5.74) is 0.0517. The van der Waals surface area contributed by atoms with Gasteiger partial charge in [0, 0.05) is 0 Å². The zero-order valence-corrected chi connectivity index (χ0v) is 12.0. The molecule has 4 heteroatoms. The first kappa shape index (κ1) is 11.8. The third kappa shape index (κ3) is 1.28. The number of fused-ring (bicyclic) bond motifs is 1. The molecule has 3 nitrogen and oxygen atoms in total. The van der Waals surface area contributed by atoms with E-state index < -0.39 is 7.28 Å². The van der Waals surface area contributed by atoms with Crippen LogP contribution in [0.4, 0.5) is 0 Å². The minimum absolute atomic E-state index is 0.0517. The number of rotatable bonds is 1. The molecule has 2 aliphatic rings. The molecule has 1 atom stereocenters. The van der Waals surface area contributed by atoms with Gasteiger partial charge in [0.2, 0.25) is 0 Å². The SMILES string of the molecule is CC1C=COP12(c1ccccc1)Oc1ccccc1O2. The second kappa shape index (κ2) is 3.77. The van der Waals surface area contributed by atoms with Gasteiger partial charge in [0.05, 0.1) is 0 Å².